The highest BCUT2D eigenvalue weighted by Gasteiger charge is 2.37. The second-order valence-electron chi connectivity index (χ2n) is 7.35. The van der Waals surface area contributed by atoms with E-state index in [1.54, 1.807) is 0 Å². The average molecular weight is 253 g/mol. The molecule has 1 aliphatic heterocycles. The highest BCUT2D eigenvalue weighted by molar-refractivity contribution is 4.90. The van der Waals surface area contributed by atoms with Gasteiger partial charge in [-0.2, -0.15) is 0 Å². The quantitative estimate of drug-likeness (QED) is 0.833. The third kappa shape index (κ3) is 3.27. The molecular weight excluding hydrogens is 222 g/mol. The number of rotatable bonds is 3. The van der Waals surface area contributed by atoms with E-state index in [0.29, 0.717) is 11.3 Å². The first-order valence-electron chi connectivity index (χ1n) is 7.88. The van der Waals surface area contributed by atoms with Gasteiger partial charge in [-0.25, -0.2) is 0 Å². The topological polar surface area (TPSA) is 23.5 Å². The van der Waals surface area contributed by atoms with Gasteiger partial charge in [-0.3, -0.25) is 0 Å². The van der Waals surface area contributed by atoms with E-state index in [2.05, 4.69) is 18.7 Å². The molecule has 1 unspecified atom stereocenters. The van der Waals surface area contributed by atoms with Gasteiger partial charge in [0, 0.05) is 6.54 Å². The minimum atomic E-state index is -0.531. The number of nitrogens with zero attached hydrogens (tertiary/aromatic N) is 1. The molecule has 1 N–H and O–H groups in total. The molecule has 0 aromatic rings. The zero-order valence-electron chi connectivity index (χ0n) is 12.5. The van der Waals surface area contributed by atoms with Gasteiger partial charge >= 0.3 is 0 Å². The fourth-order valence-corrected chi connectivity index (χ4v) is 3.62. The minimum Gasteiger partial charge on any atom is -0.389 e. The van der Waals surface area contributed by atoms with Gasteiger partial charge in [0.25, 0.3) is 0 Å². The molecule has 0 aromatic carbocycles. The summed E-state index contributed by atoms with van der Waals surface area (Å²) in [6, 6.07) is 0. The maximum Gasteiger partial charge on any atom is 0.0768 e. The molecule has 1 atom stereocenters. The van der Waals surface area contributed by atoms with Crippen molar-refractivity contribution in [3.63, 3.8) is 0 Å². The predicted octanol–water partition coefficient (Wildman–Crippen LogP) is 3.44. The molecule has 2 nitrogen and oxygen atoms in total. The number of likely N-dealkylation sites (tertiary alicyclic amines) is 1. The molecule has 0 radical (unpaired) electrons. The summed E-state index contributed by atoms with van der Waals surface area (Å²) in [5.41, 5.74) is 0.148. The van der Waals surface area contributed by atoms with Crippen LogP contribution in [0.2, 0.25) is 0 Å². The van der Waals surface area contributed by atoms with Gasteiger partial charge in [0.05, 0.1) is 5.60 Å². The van der Waals surface area contributed by atoms with Crippen molar-refractivity contribution >= 4 is 0 Å². The molecule has 1 heterocycles. The van der Waals surface area contributed by atoms with Crippen molar-refractivity contribution in [3.8, 4) is 0 Å². The van der Waals surface area contributed by atoms with Crippen molar-refractivity contribution in [2.75, 3.05) is 19.6 Å². The predicted molar refractivity (Wildman–Crippen MR) is 76.7 cm³/mol. The number of hydrogen-bond donors (Lipinski definition) is 1. The van der Waals surface area contributed by atoms with Gasteiger partial charge in [0.2, 0.25) is 0 Å². The Morgan fingerprint density at radius 2 is 1.61 bits per heavy atom. The molecule has 18 heavy (non-hydrogen) atoms. The molecule has 1 saturated carbocycles. The standard InChI is InChI=1S/C16H31NO/c1-14(2)15(3,18)13-17-11-9-16(10-12-17)7-5-4-6-8-16/h14,18H,4-13H2,1-3H3. The molecule has 1 aliphatic carbocycles. The van der Waals surface area contributed by atoms with E-state index in [9.17, 15) is 5.11 Å². The summed E-state index contributed by atoms with van der Waals surface area (Å²) in [7, 11) is 0. The zero-order chi connectivity index (χ0) is 13.2. The molecule has 106 valence electrons. The van der Waals surface area contributed by atoms with Crippen LogP contribution in [0.4, 0.5) is 0 Å². The first-order chi connectivity index (χ1) is 8.44. The Morgan fingerprint density at radius 3 is 2.11 bits per heavy atom. The summed E-state index contributed by atoms with van der Waals surface area (Å²) < 4.78 is 0. The monoisotopic (exact) mass is 253 g/mol. The lowest BCUT2D eigenvalue weighted by molar-refractivity contribution is -0.0372. The van der Waals surface area contributed by atoms with Gasteiger partial charge < -0.3 is 10.0 Å². The van der Waals surface area contributed by atoms with Crippen molar-refractivity contribution in [3.05, 3.63) is 0 Å². The largest absolute Gasteiger partial charge is 0.389 e. The Hall–Kier alpha value is -0.0800. The summed E-state index contributed by atoms with van der Waals surface area (Å²) in [6.07, 6.45) is 9.99. The highest BCUT2D eigenvalue weighted by Crippen LogP contribution is 2.44. The van der Waals surface area contributed by atoms with Crippen LogP contribution in [0.3, 0.4) is 0 Å². The number of hydrogen-bond acceptors (Lipinski definition) is 2. The Morgan fingerprint density at radius 1 is 1.06 bits per heavy atom. The SMILES string of the molecule is CC(C)C(C)(O)CN1CCC2(CCCCC2)CC1. The molecule has 0 bridgehead atoms. The Balaban J connectivity index is 1.83. The molecule has 2 heteroatoms. The summed E-state index contributed by atoms with van der Waals surface area (Å²) in [6.45, 7) is 9.47. The summed E-state index contributed by atoms with van der Waals surface area (Å²) in [5.74, 6) is 0.336. The number of aliphatic hydroxyl groups is 1. The van der Waals surface area contributed by atoms with Gasteiger partial charge in [0.15, 0.2) is 0 Å². The van der Waals surface area contributed by atoms with E-state index in [4.69, 9.17) is 0 Å². The summed E-state index contributed by atoms with van der Waals surface area (Å²) in [4.78, 5) is 2.49. The van der Waals surface area contributed by atoms with Crippen molar-refractivity contribution in [2.24, 2.45) is 11.3 Å². The summed E-state index contributed by atoms with van der Waals surface area (Å²) in [5, 5.41) is 10.4. The lowest BCUT2D eigenvalue weighted by Crippen LogP contribution is -2.49. The third-order valence-corrected chi connectivity index (χ3v) is 5.62. The Kier molecular flexibility index (Phi) is 4.38. The van der Waals surface area contributed by atoms with Crippen LogP contribution in [0.25, 0.3) is 0 Å². The molecule has 2 aliphatic rings. The zero-order valence-corrected chi connectivity index (χ0v) is 12.5. The van der Waals surface area contributed by atoms with Crippen molar-refractivity contribution in [1.29, 1.82) is 0 Å². The van der Waals surface area contributed by atoms with Crippen molar-refractivity contribution < 1.29 is 5.11 Å². The molecule has 2 fully saturated rings. The van der Waals surface area contributed by atoms with Crippen LogP contribution in [0.5, 0.6) is 0 Å². The van der Waals surface area contributed by atoms with Crippen LogP contribution in [0.1, 0.15) is 65.7 Å². The van der Waals surface area contributed by atoms with E-state index in [1.807, 2.05) is 6.92 Å². The fraction of sp³-hybridized carbons (Fsp3) is 1.00. The lowest BCUT2D eigenvalue weighted by atomic mass is 9.68. The van der Waals surface area contributed by atoms with Crippen LogP contribution in [0, 0.1) is 11.3 Å². The second-order valence-corrected chi connectivity index (χ2v) is 7.35. The molecule has 0 aromatic heterocycles. The van der Waals surface area contributed by atoms with Crippen molar-refractivity contribution in [1.82, 2.24) is 4.90 Å². The van der Waals surface area contributed by atoms with Crippen LogP contribution in [-0.4, -0.2) is 35.2 Å². The van der Waals surface area contributed by atoms with Crippen molar-refractivity contribution in [2.45, 2.75) is 71.3 Å². The maximum atomic E-state index is 10.4. The summed E-state index contributed by atoms with van der Waals surface area (Å²) >= 11 is 0. The highest BCUT2D eigenvalue weighted by atomic mass is 16.3. The van der Waals surface area contributed by atoms with E-state index in [0.717, 1.165) is 6.54 Å². The van der Waals surface area contributed by atoms with E-state index >= 15 is 0 Å². The fourth-order valence-electron chi connectivity index (χ4n) is 3.62. The number of piperidine rings is 1. The van der Waals surface area contributed by atoms with Gasteiger partial charge in [-0.1, -0.05) is 33.1 Å². The van der Waals surface area contributed by atoms with Crippen LogP contribution in [-0.2, 0) is 0 Å². The second kappa shape index (κ2) is 5.50. The molecule has 0 amide bonds. The smallest absolute Gasteiger partial charge is 0.0768 e. The first-order valence-corrected chi connectivity index (χ1v) is 7.88. The Labute approximate surface area is 113 Å². The number of β-amino-alcohol motifs (C(OH)–C–C–N with tert-alkyl or cyclic N) is 1. The van der Waals surface area contributed by atoms with Crippen LogP contribution >= 0.6 is 0 Å². The van der Waals surface area contributed by atoms with E-state index in [-0.39, 0.29) is 0 Å². The third-order valence-electron chi connectivity index (χ3n) is 5.62. The molecule has 2 rings (SSSR count). The maximum absolute atomic E-state index is 10.4. The van der Waals surface area contributed by atoms with Gasteiger partial charge in [0.1, 0.15) is 0 Å². The van der Waals surface area contributed by atoms with E-state index in [1.165, 1.54) is 58.0 Å². The van der Waals surface area contributed by atoms with Gasteiger partial charge in [-0.05, 0) is 57.0 Å². The van der Waals surface area contributed by atoms with Crippen LogP contribution in [0.15, 0.2) is 0 Å². The lowest BCUT2D eigenvalue weighted by Gasteiger charge is -2.46. The van der Waals surface area contributed by atoms with Gasteiger partial charge in [-0.15, -0.1) is 0 Å². The molecular formula is C16H31NO. The average Bonchev–Trinajstić information content (AvgIpc) is 2.33. The Bertz CT molecular complexity index is 256. The minimum absolute atomic E-state index is 0.336. The molecule has 1 spiro atoms. The normalized spacial score (nSPS) is 28.5. The van der Waals surface area contributed by atoms with E-state index < -0.39 is 5.60 Å². The first kappa shape index (κ1) is 14.3. The van der Waals surface area contributed by atoms with Crippen LogP contribution < -0.4 is 0 Å². The molecule has 1 saturated heterocycles.